The van der Waals surface area contributed by atoms with E-state index in [0.717, 1.165) is 18.8 Å². The Morgan fingerprint density at radius 3 is 2.70 bits per heavy atom. The lowest BCUT2D eigenvalue weighted by Crippen LogP contribution is -2.19. The Labute approximate surface area is 120 Å². The van der Waals surface area contributed by atoms with Gasteiger partial charge in [0, 0.05) is 19.3 Å². The average Bonchev–Trinajstić information content (AvgIpc) is 2.52. The van der Waals surface area contributed by atoms with E-state index in [9.17, 15) is 0 Å². The molecule has 3 heteroatoms. The third kappa shape index (κ3) is 5.78. The van der Waals surface area contributed by atoms with Crippen LogP contribution in [-0.2, 0) is 11.3 Å². The van der Waals surface area contributed by atoms with Gasteiger partial charge < -0.3 is 10.1 Å². The Bertz CT molecular complexity index is 497. The Hall–Kier alpha value is -1.97. The first-order valence-electron chi connectivity index (χ1n) is 6.85. The van der Waals surface area contributed by atoms with Gasteiger partial charge in [-0.3, -0.25) is 4.98 Å². The third-order valence-corrected chi connectivity index (χ3v) is 2.78. The highest BCUT2D eigenvalue weighted by molar-refractivity contribution is 5.48. The van der Waals surface area contributed by atoms with E-state index in [4.69, 9.17) is 4.74 Å². The molecule has 1 N–H and O–H groups in total. The quantitative estimate of drug-likeness (QED) is 0.747. The van der Waals surface area contributed by atoms with Crippen LogP contribution < -0.4 is 5.32 Å². The number of benzene rings is 1. The SMILES string of the molecule is C(=Cc1ccccc1)COCCNCc1ccccn1. The predicted octanol–water partition coefficient (Wildman–Crippen LogP) is 2.90. The maximum absolute atomic E-state index is 5.52. The normalized spacial score (nSPS) is 11.0. The first-order chi connectivity index (χ1) is 9.95. The van der Waals surface area contributed by atoms with E-state index in [1.807, 2.05) is 48.7 Å². The number of hydrogen-bond acceptors (Lipinski definition) is 3. The Morgan fingerprint density at radius 1 is 1.05 bits per heavy atom. The molecular formula is C17H20N2O. The summed E-state index contributed by atoms with van der Waals surface area (Å²) in [5, 5.41) is 3.30. The largest absolute Gasteiger partial charge is 0.376 e. The molecule has 2 aromatic rings. The summed E-state index contributed by atoms with van der Waals surface area (Å²) in [6.45, 7) is 2.95. The third-order valence-electron chi connectivity index (χ3n) is 2.78. The van der Waals surface area contributed by atoms with Gasteiger partial charge in [-0.15, -0.1) is 0 Å². The molecule has 0 saturated heterocycles. The fourth-order valence-corrected chi connectivity index (χ4v) is 1.76. The highest BCUT2D eigenvalue weighted by Gasteiger charge is 1.91. The van der Waals surface area contributed by atoms with Crippen LogP contribution in [0, 0.1) is 0 Å². The van der Waals surface area contributed by atoms with Gasteiger partial charge in [-0.2, -0.15) is 0 Å². The first-order valence-corrected chi connectivity index (χ1v) is 6.85. The molecule has 0 fully saturated rings. The van der Waals surface area contributed by atoms with Crippen LogP contribution in [0.1, 0.15) is 11.3 Å². The molecule has 1 heterocycles. The van der Waals surface area contributed by atoms with Gasteiger partial charge in [0.05, 0.1) is 18.9 Å². The molecule has 0 spiro atoms. The summed E-state index contributed by atoms with van der Waals surface area (Å²) in [5.74, 6) is 0. The second-order valence-electron chi connectivity index (χ2n) is 4.39. The van der Waals surface area contributed by atoms with Crippen molar-refractivity contribution < 1.29 is 4.74 Å². The summed E-state index contributed by atoms with van der Waals surface area (Å²) in [6.07, 6.45) is 5.91. The number of aromatic nitrogens is 1. The minimum Gasteiger partial charge on any atom is -0.376 e. The lowest BCUT2D eigenvalue weighted by molar-refractivity contribution is 0.164. The molecule has 0 bridgehead atoms. The molecule has 1 aromatic heterocycles. The lowest BCUT2D eigenvalue weighted by Gasteiger charge is -2.04. The van der Waals surface area contributed by atoms with Crippen molar-refractivity contribution in [1.82, 2.24) is 10.3 Å². The highest BCUT2D eigenvalue weighted by atomic mass is 16.5. The molecule has 20 heavy (non-hydrogen) atoms. The van der Waals surface area contributed by atoms with Gasteiger partial charge in [-0.25, -0.2) is 0 Å². The summed E-state index contributed by atoms with van der Waals surface area (Å²) in [4.78, 5) is 4.25. The summed E-state index contributed by atoms with van der Waals surface area (Å²) >= 11 is 0. The van der Waals surface area contributed by atoms with Gasteiger partial charge >= 0.3 is 0 Å². The molecule has 0 unspecified atom stereocenters. The second kappa shape index (κ2) is 9.02. The van der Waals surface area contributed by atoms with Crippen LogP contribution >= 0.6 is 0 Å². The molecule has 0 radical (unpaired) electrons. The average molecular weight is 268 g/mol. The second-order valence-corrected chi connectivity index (χ2v) is 4.39. The maximum atomic E-state index is 5.52. The van der Waals surface area contributed by atoms with E-state index in [2.05, 4.69) is 28.5 Å². The maximum Gasteiger partial charge on any atom is 0.0651 e. The van der Waals surface area contributed by atoms with Crippen LogP contribution in [0.5, 0.6) is 0 Å². The molecule has 0 saturated carbocycles. The van der Waals surface area contributed by atoms with E-state index < -0.39 is 0 Å². The summed E-state index contributed by atoms with van der Waals surface area (Å²) in [5.41, 5.74) is 2.25. The molecule has 0 aliphatic heterocycles. The number of pyridine rings is 1. The summed E-state index contributed by atoms with van der Waals surface area (Å²) in [6, 6.07) is 16.2. The minimum absolute atomic E-state index is 0.639. The van der Waals surface area contributed by atoms with E-state index >= 15 is 0 Å². The van der Waals surface area contributed by atoms with Crippen molar-refractivity contribution in [2.75, 3.05) is 19.8 Å². The lowest BCUT2D eigenvalue weighted by atomic mass is 10.2. The number of ether oxygens (including phenoxy) is 1. The van der Waals surface area contributed by atoms with Gasteiger partial charge in [-0.05, 0) is 17.7 Å². The van der Waals surface area contributed by atoms with Crippen LogP contribution in [0.25, 0.3) is 6.08 Å². The number of rotatable bonds is 8. The standard InChI is InChI=1S/C17H20N2O/c1-2-7-16(8-3-1)9-6-13-20-14-12-18-15-17-10-4-5-11-19-17/h1-11,18H,12-15H2. The zero-order valence-corrected chi connectivity index (χ0v) is 11.5. The van der Waals surface area contributed by atoms with Gasteiger partial charge in [0.1, 0.15) is 0 Å². The fourth-order valence-electron chi connectivity index (χ4n) is 1.76. The molecule has 0 aliphatic rings. The Kier molecular flexibility index (Phi) is 6.51. The van der Waals surface area contributed by atoms with Gasteiger partial charge in [0.25, 0.3) is 0 Å². The van der Waals surface area contributed by atoms with Gasteiger partial charge in [0.15, 0.2) is 0 Å². The predicted molar refractivity (Wildman–Crippen MR) is 82.2 cm³/mol. The van der Waals surface area contributed by atoms with Crippen molar-refractivity contribution in [3.05, 3.63) is 72.1 Å². The summed E-state index contributed by atoms with van der Waals surface area (Å²) < 4.78 is 5.52. The van der Waals surface area contributed by atoms with Crippen molar-refractivity contribution in [2.45, 2.75) is 6.54 Å². The Morgan fingerprint density at radius 2 is 1.90 bits per heavy atom. The van der Waals surface area contributed by atoms with Crippen LogP contribution in [0.4, 0.5) is 0 Å². The Balaban J connectivity index is 1.51. The van der Waals surface area contributed by atoms with Crippen molar-refractivity contribution in [1.29, 1.82) is 0 Å². The monoisotopic (exact) mass is 268 g/mol. The summed E-state index contributed by atoms with van der Waals surface area (Å²) in [7, 11) is 0. The molecule has 0 amide bonds. The van der Waals surface area contributed by atoms with Gasteiger partial charge in [-0.1, -0.05) is 48.6 Å². The molecule has 104 valence electrons. The molecular weight excluding hydrogens is 248 g/mol. The molecule has 2 rings (SSSR count). The topological polar surface area (TPSA) is 34.1 Å². The molecule has 0 atom stereocenters. The van der Waals surface area contributed by atoms with Crippen LogP contribution in [0.2, 0.25) is 0 Å². The van der Waals surface area contributed by atoms with Crippen LogP contribution in [0.3, 0.4) is 0 Å². The molecule has 0 aliphatic carbocycles. The zero-order valence-electron chi connectivity index (χ0n) is 11.5. The van der Waals surface area contributed by atoms with E-state index in [1.165, 1.54) is 5.56 Å². The minimum atomic E-state index is 0.639. The van der Waals surface area contributed by atoms with Crippen LogP contribution in [-0.4, -0.2) is 24.7 Å². The van der Waals surface area contributed by atoms with Gasteiger partial charge in [0.2, 0.25) is 0 Å². The van der Waals surface area contributed by atoms with E-state index in [-0.39, 0.29) is 0 Å². The number of nitrogens with one attached hydrogen (secondary N) is 1. The van der Waals surface area contributed by atoms with E-state index in [1.54, 1.807) is 0 Å². The van der Waals surface area contributed by atoms with Crippen molar-refractivity contribution in [2.24, 2.45) is 0 Å². The molecule has 3 nitrogen and oxygen atoms in total. The van der Waals surface area contributed by atoms with Crippen molar-refractivity contribution in [3.63, 3.8) is 0 Å². The zero-order chi connectivity index (χ0) is 13.9. The van der Waals surface area contributed by atoms with Crippen molar-refractivity contribution in [3.8, 4) is 0 Å². The molecule has 1 aromatic carbocycles. The number of nitrogens with zero attached hydrogens (tertiary/aromatic N) is 1. The smallest absolute Gasteiger partial charge is 0.0651 e. The highest BCUT2D eigenvalue weighted by Crippen LogP contribution is 2.00. The number of hydrogen-bond donors (Lipinski definition) is 1. The first kappa shape index (κ1) is 14.4. The van der Waals surface area contributed by atoms with Crippen LogP contribution in [0.15, 0.2) is 60.8 Å². The van der Waals surface area contributed by atoms with E-state index in [0.29, 0.717) is 13.2 Å². The fraction of sp³-hybridized carbons (Fsp3) is 0.235. The van der Waals surface area contributed by atoms with Crippen molar-refractivity contribution >= 4 is 6.08 Å².